The van der Waals surface area contributed by atoms with Gasteiger partial charge < -0.3 is 9.47 Å². The maximum absolute atomic E-state index is 12.5. The molecule has 186 valence electrons. The Morgan fingerprint density at radius 1 is 0.853 bits per heavy atom. The molecule has 0 aliphatic heterocycles. The summed E-state index contributed by atoms with van der Waals surface area (Å²) >= 11 is 0. The molecule has 0 N–H and O–H groups in total. The third-order valence-electron chi connectivity index (χ3n) is 5.27. The fourth-order valence-corrected chi connectivity index (χ4v) is 3.25. The first-order chi connectivity index (χ1) is 16.7. The van der Waals surface area contributed by atoms with E-state index in [0.717, 1.165) is 38.5 Å². The van der Waals surface area contributed by atoms with E-state index in [-0.39, 0.29) is 18.0 Å². The monoisotopic (exact) mass is 466 g/mol. The summed E-state index contributed by atoms with van der Waals surface area (Å²) in [7, 11) is 1.42. The number of esters is 2. The average Bonchev–Trinajstić information content (AvgIpc) is 2.86. The quantitative estimate of drug-likeness (QED) is 0.0954. The fourth-order valence-electron chi connectivity index (χ4n) is 3.25. The second-order valence-electron chi connectivity index (χ2n) is 8.21. The van der Waals surface area contributed by atoms with E-state index in [0.29, 0.717) is 18.4 Å². The summed E-state index contributed by atoms with van der Waals surface area (Å²) in [5.41, 5.74) is 0.555. The molecule has 0 radical (unpaired) electrons. The zero-order chi connectivity index (χ0) is 24.7. The second kappa shape index (κ2) is 20.7. The van der Waals surface area contributed by atoms with Gasteiger partial charge in [0.1, 0.15) is 6.10 Å². The minimum absolute atomic E-state index is 0.151. The number of allylic oxidation sites excluding steroid dienone is 6. The summed E-state index contributed by atoms with van der Waals surface area (Å²) < 4.78 is 10.4. The second-order valence-corrected chi connectivity index (χ2v) is 8.21. The summed E-state index contributed by atoms with van der Waals surface area (Å²) in [6, 6.07) is 9.07. The van der Waals surface area contributed by atoms with Crippen LogP contribution in [0.4, 0.5) is 0 Å². The minimum atomic E-state index is -0.322. The lowest BCUT2D eigenvalue weighted by molar-refractivity contribution is -0.140. The highest BCUT2D eigenvalue weighted by atomic mass is 16.5. The molecular formula is C30H42O4. The Kier molecular flexibility index (Phi) is 17.8. The van der Waals surface area contributed by atoms with E-state index in [1.807, 2.05) is 36.4 Å². The van der Waals surface area contributed by atoms with Crippen molar-refractivity contribution in [2.45, 2.75) is 83.7 Å². The number of rotatable bonds is 18. The minimum Gasteiger partial charge on any atom is -0.469 e. The van der Waals surface area contributed by atoms with Gasteiger partial charge in [-0.15, -0.1) is 0 Å². The van der Waals surface area contributed by atoms with Gasteiger partial charge in [-0.25, -0.2) is 4.79 Å². The number of carbonyl (C=O) groups is 2. The first-order valence-corrected chi connectivity index (χ1v) is 12.6. The molecule has 1 atom stereocenters. The molecule has 0 aliphatic rings. The molecule has 0 saturated carbocycles. The average molecular weight is 467 g/mol. The highest BCUT2D eigenvalue weighted by molar-refractivity contribution is 5.89. The molecule has 0 saturated heterocycles. The maximum atomic E-state index is 12.5. The number of methoxy groups -OCH3 is 1. The van der Waals surface area contributed by atoms with Crippen molar-refractivity contribution in [2.24, 2.45) is 0 Å². The van der Waals surface area contributed by atoms with E-state index in [4.69, 9.17) is 4.74 Å². The van der Waals surface area contributed by atoms with Crippen LogP contribution in [-0.4, -0.2) is 25.2 Å². The van der Waals surface area contributed by atoms with Gasteiger partial charge in [-0.05, 0) is 56.7 Å². The molecule has 1 aromatic rings. The third kappa shape index (κ3) is 15.8. The lowest BCUT2D eigenvalue weighted by Crippen LogP contribution is -2.15. The van der Waals surface area contributed by atoms with Crippen LogP contribution in [0.5, 0.6) is 0 Å². The number of hydrogen-bond donors (Lipinski definition) is 0. The van der Waals surface area contributed by atoms with Crippen LogP contribution in [0.15, 0.2) is 78.9 Å². The van der Waals surface area contributed by atoms with Crippen LogP contribution in [0.25, 0.3) is 0 Å². The molecule has 0 amide bonds. The summed E-state index contributed by atoms with van der Waals surface area (Å²) in [5, 5.41) is 0. The Hall–Kier alpha value is -2.88. The van der Waals surface area contributed by atoms with E-state index >= 15 is 0 Å². The Morgan fingerprint density at radius 2 is 1.59 bits per heavy atom. The van der Waals surface area contributed by atoms with E-state index in [2.05, 4.69) is 42.0 Å². The van der Waals surface area contributed by atoms with Crippen LogP contribution in [0, 0.1) is 0 Å². The largest absolute Gasteiger partial charge is 0.469 e. The lowest BCUT2D eigenvalue weighted by Gasteiger charge is -2.12. The number of unbranched alkanes of at least 4 members (excludes halogenated alkanes) is 6. The summed E-state index contributed by atoms with van der Waals surface area (Å²) in [5.74, 6) is -0.465. The molecule has 0 fully saturated rings. The predicted octanol–water partition coefficient (Wildman–Crippen LogP) is 7.92. The Labute approximate surface area is 206 Å². The van der Waals surface area contributed by atoms with Gasteiger partial charge in [0, 0.05) is 12.8 Å². The molecule has 0 bridgehead atoms. The van der Waals surface area contributed by atoms with Crippen molar-refractivity contribution in [3.05, 3.63) is 84.5 Å². The van der Waals surface area contributed by atoms with Crippen molar-refractivity contribution >= 4 is 11.9 Å². The third-order valence-corrected chi connectivity index (χ3v) is 5.27. The van der Waals surface area contributed by atoms with Crippen molar-refractivity contribution in [1.82, 2.24) is 0 Å². The standard InChI is InChI=1S/C30H42O4/c1-3-4-5-6-7-8-9-10-13-19-24-28(34-30(32)27-22-17-16-18-23-27)25-20-14-11-12-15-21-26-29(31)33-2/h7-8,10,13-14,16-20,22-24,28H,3-6,9,11-12,15,21,25-26H2,1-2H3/b8-7-,13-10-,20-14-,24-19+/t28-/m0/s1. The van der Waals surface area contributed by atoms with E-state index in [9.17, 15) is 9.59 Å². The Bertz CT molecular complexity index is 774. The molecular weight excluding hydrogens is 424 g/mol. The summed E-state index contributed by atoms with van der Waals surface area (Å²) in [6.45, 7) is 2.22. The van der Waals surface area contributed by atoms with Crippen molar-refractivity contribution < 1.29 is 19.1 Å². The molecule has 0 aliphatic carbocycles. The van der Waals surface area contributed by atoms with Crippen LogP contribution in [0.3, 0.4) is 0 Å². The highest BCUT2D eigenvalue weighted by Gasteiger charge is 2.12. The number of hydrogen-bond acceptors (Lipinski definition) is 4. The molecule has 0 spiro atoms. The van der Waals surface area contributed by atoms with Crippen molar-refractivity contribution in [3.63, 3.8) is 0 Å². The summed E-state index contributed by atoms with van der Waals surface area (Å²) in [6.07, 6.45) is 27.0. The first-order valence-electron chi connectivity index (χ1n) is 12.6. The smallest absolute Gasteiger partial charge is 0.338 e. The maximum Gasteiger partial charge on any atom is 0.338 e. The van der Waals surface area contributed by atoms with Gasteiger partial charge in [0.15, 0.2) is 0 Å². The number of benzene rings is 1. The van der Waals surface area contributed by atoms with Gasteiger partial charge >= 0.3 is 11.9 Å². The Balaban J connectivity index is 2.48. The summed E-state index contributed by atoms with van der Waals surface area (Å²) in [4.78, 5) is 23.6. The van der Waals surface area contributed by atoms with Gasteiger partial charge in [-0.3, -0.25) is 4.79 Å². The number of ether oxygens (including phenoxy) is 2. The lowest BCUT2D eigenvalue weighted by atomic mass is 10.1. The molecule has 1 aromatic carbocycles. The SMILES string of the molecule is CCCCC/C=C\C/C=C\C=C\[C@@H](C/C=C\CCCCCC(=O)OC)OC(=O)c1ccccc1. The molecule has 0 heterocycles. The van der Waals surface area contributed by atoms with Crippen LogP contribution in [0.2, 0.25) is 0 Å². The van der Waals surface area contributed by atoms with E-state index < -0.39 is 0 Å². The van der Waals surface area contributed by atoms with E-state index in [1.54, 1.807) is 12.1 Å². The molecule has 0 unspecified atom stereocenters. The van der Waals surface area contributed by atoms with Crippen LogP contribution in [-0.2, 0) is 14.3 Å². The molecule has 4 nitrogen and oxygen atoms in total. The van der Waals surface area contributed by atoms with Gasteiger partial charge in [-0.2, -0.15) is 0 Å². The molecule has 1 rings (SSSR count). The Morgan fingerprint density at radius 3 is 2.32 bits per heavy atom. The van der Waals surface area contributed by atoms with Crippen molar-refractivity contribution in [3.8, 4) is 0 Å². The van der Waals surface area contributed by atoms with E-state index in [1.165, 1.54) is 26.4 Å². The first kappa shape index (κ1) is 29.2. The number of carbonyl (C=O) groups excluding carboxylic acids is 2. The van der Waals surface area contributed by atoms with Crippen molar-refractivity contribution in [1.29, 1.82) is 0 Å². The van der Waals surface area contributed by atoms with Crippen LogP contribution in [0.1, 0.15) is 87.9 Å². The van der Waals surface area contributed by atoms with Crippen LogP contribution < -0.4 is 0 Å². The van der Waals surface area contributed by atoms with Crippen molar-refractivity contribution in [2.75, 3.05) is 7.11 Å². The highest BCUT2D eigenvalue weighted by Crippen LogP contribution is 2.10. The topological polar surface area (TPSA) is 52.6 Å². The van der Waals surface area contributed by atoms with Gasteiger partial charge in [0.05, 0.1) is 12.7 Å². The molecule has 34 heavy (non-hydrogen) atoms. The molecule has 4 heteroatoms. The predicted molar refractivity (Wildman–Crippen MR) is 141 cm³/mol. The van der Waals surface area contributed by atoms with Gasteiger partial charge in [0.25, 0.3) is 0 Å². The van der Waals surface area contributed by atoms with Crippen LogP contribution >= 0.6 is 0 Å². The normalized spacial score (nSPS) is 12.8. The zero-order valence-electron chi connectivity index (χ0n) is 21.0. The van der Waals surface area contributed by atoms with Gasteiger partial charge in [-0.1, -0.05) is 86.9 Å². The van der Waals surface area contributed by atoms with Gasteiger partial charge in [0.2, 0.25) is 0 Å². The molecule has 0 aromatic heterocycles. The fraction of sp³-hybridized carbons (Fsp3) is 0.467. The zero-order valence-corrected chi connectivity index (χ0v) is 21.0.